The summed E-state index contributed by atoms with van der Waals surface area (Å²) in [5, 5.41) is 8.28. The van der Waals surface area contributed by atoms with Crippen molar-refractivity contribution in [2.45, 2.75) is 12.5 Å². The third-order valence-electron chi connectivity index (χ3n) is 1.55. The van der Waals surface area contributed by atoms with Gasteiger partial charge in [0.05, 0.1) is 32.0 Å². The summed E-state index contributed by atoms with van der Waals surface area (Å²) in [5.74, 6) is 1.85. The molecule has 1 aliphatic rings. The average molecular weight is 187 g/mol. The molecule has 0 amide bonds. The van der Waals surface area contributed by atoms with Crippen molar-refractivity contribution >= 4 is 11.8 Å². The topological polar surface area (TPSA) is 42.2 Å². The number of hydrogen-bond acceptors (Lipinski definition) is 4. The van der Waals surface area contributed by atoms with Crippen molar-refractivity contribution in [3.63, 3.8) is 0 Å². The molecule has 1 aliphatic heterocycles. The second-order valence-electron chi connectivity index (χ2n) is 2.55. The summed E-state index contributed by atoms with van der Waals surface area (Å²) in [6.07, 6.45) is 0.862. The van der Waals surface area contributed by atoms with E-state index < -0.39 is 0 Å². The highest BCUT2D eigenvalue weighted by Crippen LogP contribution is 2.10. The third kappa shape index (κ3) is 3.96. The fourth-order valence-corrected chi connectivity index (χ4v) is 1.82. The maximum Gasteiger partial charge on any atom is 0.0899 e. The first kappa shape index (κ1) is 9.85. The number of ether oxygens (including phenoxy) is 2. The third-order valence-corrected chi connectivity index (χ3v) is 2.65. The lowest BCUT2D eigenvalue weighted by Crippen LogP contribution is -2.30. The Balaban J connectivity index is 1.95. The van der Waals surface area contributed by atoms with Gasteiger partial charge >= 0.3 is 0 Å². The fraction of sp³-hybridized carbons (Fsp3) is 0.875. The van der Waals surface area contributed by atoms with Crippen molar-refractivity contribution in [3.05, 3.63) is 0 Å². The van der Waals surface area contributed by atoms with E-state index in [1.807, 2.05) is 0 Å². The molecule has 1 fully saturated rings. The summed E-state index contributed by atoms with van der Waals surface area (Å²) in [6, 6.07) is 2.11. The molecule has 0 aromatic rings. The number of nitriles is 1. The largest absolute Gasteiger partial charge is 0.376 e. The van der Waals surface area contributed by atoms with Gasteiger partial charge in [-0.05, 0) is 0 Å². The van der Waals surface area contributed by atoms with Gasteiger partial charge in [-0.3, -0.25) is 0 Å². The van der Waals surface area contributed by atoms with E-state index in [9.17, 15) is 0 Å². The second-order valence-corrected chi connectivity index (χ2v) is 3.70. The molecule has 0 radical (unpaired) electrons. The fourth-order valence-electron chi connectivity index (χ4n) is 0.965. The molecule has 68 valence electrons. The molecular formula is C8H13NO2S. The van der Waals surface area contributed by atoms with Crippen molar-refractivity contribution in [3.8, 4) is 6.07 Å². The minimum absolute atomic E-state index is 0.238. The van der Waals surface area contributed by atoms with E-state index in [1.165, 1.54) is 0 Å². The monoisotopic (exact) mass is 187 g/mol. The lowest BCUT2D eigenvalue weighted by Gasteiger charge is -2.22. The molecule has 0 aromatic heterocycles. The van der Waals surface area contributed by atoms with Crippen molar-refractivity contribution in [2.24, 2.45) is 0 Å². The van der Waals surface area contributed by atoms with Gasteiger partial charge < -0.3 is 9.47 Å². The number of hydrogen-bond donors (Lipinski definition) is 0. The summed E-state index contributed by atoms with van der Waals surface area (Å²) >= 11 is 1.76. The van der Waals surface area contributed by atoms with E-state index in [2.05, 4.69) is 6.07 Å². The Morgan fingerprint density at radius 3 is 3.08 bits per heavy atom. The minimum atomic E-state index is 0.238. The standard InChI is InChI=1S/C8H13NO2S/c9-2-1-5-12-7-8-6-10-3-4-11-8/h8H,1,3-7H2. The maximum absolute atomic E-state index is 8.28. The highest BCUT2D eigenvalue weighted by molar-refractivity contribution is 7.99. The zero-order chi connectivity index (χ0) is 8.65. The highest BCUT2D eigenvalue weighted by atomic mass is 32.2. The van der Waals surface area contributed by atoms with Crippen LogP contribution in [0.15, 0.2) is 0 Å². The molecule has 1 unspecified atom stereocenters. The Kier molecular flexibility index (Phi) is 5.16. The molecule has 0 saturated carbocycles. The molecule has 1 atom stereocenters. The zero-order valence-corrected chi connectivity index (χ0v) is 7.81. The predicted molar refractivity (Wildman–Crippen MR) is 48.1 cm³/mol. The van der Waals surface area contributed by atoms with Crippen LogP contribution in [-0.2, 0) is 9.47 Å². The Morgan fingerprint density at radius 2 is 2.42 bits per heavy atom. The zero-order valence-electron chi connectivity index (χ0n) is 6.99. The lowest BCUT2D eigenvalue weighted by molar-refractivity contribution is -0.0776. The van der Waals surface area contributed by atoms with Crippen LogP contribution in [0.4, 0.5) is 0 Å². The molecule has 12 heavy (non-hydrogen) atoms. The van der Waals surface area contributed by atoms with Gasteiger partial charge in [-0.15, -0.1) is 0 Å². The van der Waals surface area contributed by atoms with Gasteiger partial charge in [-0.1, -0.05) is 0 Å². The van der Waals surface area contributed by atoms with Crippen LogP contribution in [0, 0.1) is 11.3 Å². The van der Waals surface area contributed by atoms with E-state index in [0.29, 0.717) is 19.6 Å². The first-order valence-electron chi connectivity index (χ1n) is 4.07. The molecule has 0 N–H and O–H groups in total. The van der Waals surface area contributed by atoms with E-state index >= 15 is 0 Å². The Morgan fingerprint density at radius 1 is 1.50 bits per heavy atom. The SMILES string of the molecule is N#CCCSCC1COCCO1. The number of thioether (sulfide) groups is 1. The summed E-state index contributed by atoms with van der Waals surface area (Å²) < 4.78 is 10.7. The molecule has 0 aliphatic carbocycles. The van der Waals surface area contributed by atoms with Gasteiger partial charge in [-0.2, -0.15) is 17.0 Å². The number of nitrogens with zero attached hydrogens (tertiary/aromatic N) is 1. The minimum Gasteiger partial charge on any atom is -0.376 e. The molecular weight excluding hydrogens is 174 g/mol. The van der Waals surface area contributed by atoms with Crippen LogP contribution in [0.3, 0.4) is 0 Å². The highest BCUT2D eigenvalue weighted by Gasteiger charge is 2.13. The Hall–Kier alpha value is -0.240. The summed E-state index contributed by atoms with van der Waals surface area (Å²) in [4.78, 5) is 0. The average Bonchev–Trinajstić information content (AvgIpc) is 2.14. The van der Waals surface area contributed by atoms with Crippen LogP contribution in [0.25, 0.3) is 0 Å². The van der Waals surface area contributed by atoms with Crippen LogP contribution in [0.5, 0.6) is 0 Å². The molecule has 1 rings (SSSR count). The summed E-state index contributed by atoms with van der Waals surface area (Å²) in [5.41, 5.74) is 0. The molecule has 1 saturated heterocycles. The molecule has 0 spiro atoms. The first-order valence-corrected chi connectivity index (χ1v) is 5.23. The Labute approximate surface area is 77.0 Å². The van der Waals surface area contributed by atoms with Crippen LogP contribution in [0.1, 0.15) is 6.42 Å². The van der Waals surface area contributed by atoms with E-state index in [0.717, 1.165) is 18.1 Å². The Bertz CT molecular complexity index is 152. The molecule has 0 bridgehead atoms. The van der Waals surface area contributed by atoms with Gasteiger partial charge in [0.1, 0.15) is 0 Å². The number of rotatable bonds is 4. The van der Waals surface area contributed by atoms with E-state index in [-0.39, 0.29) is 6.10 Å². The molecule has 0 aromatic carbocycles. The van der Waals surface area contributed by atoms with Crippen molar-refractivity contribution in [1.29, 1.82) is 5.26 Å². The van der Waals surface area contributed by atoms with Gasteiger partial charge in [0.2, 0.25) is 0 Å². The van der Waals surface area contributed by atoms with Gasteiger partial charge in [0, 0.05) is 17.9 Å². The van der Waals surface area contributed by atoms with Crippen LogP contribution in [0.2, 0.25) is 0 Å². The van der Waals surface area contributed by atoms with Crippen LogP contribution in [-0.4, -0.2) is 37.4 Å². The van der Waals surface area contributed by atoms with Crippen LogP contribution < -0.4 is 0 Å². The van der Waals surface area contributed by atoms with Gasteiger partial charge in [0.25, 0.3) is 0 Å². The van der Waals surface area contributed by atoms with Crippen molar-refractivity contribution in [1.82, 2.24) is 0 Å². The van der Waals surface area contributed by atoms with E-state index in [1.54, 1.807) is 11.8 Å². The normalized spacial score (nSPS) is 23.4. The predicted octanol–water partition coefficient (Wildman–Crippen LogP) is 1.05. The van der Waals surface area contributed by atoms with E-state index in [4.69, 9.17) is 14.7 Å². The first-order chi connectivity index (χ1) is 5.93. The van der Waals surface area contributed by atoms with Gasteiger partial charge in [-0.25, -0.2) is 0 Å². The van der Waals surface area contributed by atoms with Crippen molar-refractivity contribution < 1.29 is 9.47 Å². The smallest absolute Gasteiger partial charge is 0.0899 e. The lowest BCUT2D eigenvalue weighted by atomic mass is 10.4. The van der Waals surface area contributed by atoms with Gasteiger partial charge in [0.15, 0.2) is 0 Å². The summed E-state index contributed by atoms with van der Waals surface area (Å²) in [6.45, 7) is 2.14. The summed E-state index contributed by atoms with van der Waals surface area (Å²) in [7, 11) is 0. The molecule has 1 heterocycles. The van der Waals surface area contributed by atoms with Crippen molar-refractivity contribution in [2.75, 3.05) is 31.3 Å². The quantitative estimate of drug-likeness (QED) is 0.617. The molecule has 4 heteroatoms. The maximum atomic E-state index is 8.28. The molecule has 3 nitrogen and oxygen atoms in total. The van der Waals surface area contributed by atoms with Crippen LogP contribution >= 0.6 is 11.8 Å². The second kappa shape index (κ2) is 6.30.